The van der Waals surface area contributed by atoms with E-state index in [4.69, 9.17) is 4.74 Å². The van der Waals surface area contributed by atoms with Gasteiger partial charge in [0.05, 0.1) is 0 Å². The molecule has 0 spiro atoms. The van der Waals surface area contributed by atoms with Gasteiger partial charge in [-0.3, -0.25) is 4.90 Å². The van der Waals surface area contributed by atoms with Crippen molar-refractivity contribution in [3.8, 4) is 0 Å². The fraction of sp³-hybridized carbons (Fsp3) is 1.00. The van der Waals surface area contributed by atoms with Crippen molar-refractivity contribution in [2.24, 2.45) is 17.3 Å². The van der Waals surface area contributed by atoms with Crippen molar-refractivity contribution >= 4 is 0 Å². The maximum atomic E-state index is 5.69. The summed E-state index contributed by atoms with van der Waals surface area (Å²) < 4.78 is 5.69. The van der Waals surface area contributed by atoms with Crippen LogP contribution in [0.15, 0.2) is 0 Å². The number of fused-ring (bicyclic) bond motifs is 2. The van der Waals surface area contributed by atoms with Gasteiger partial charge in [-0.25, -0.2) is 0 Å². The molecule has 1 aliphatic carbocycles. The van der Waals surface area contributed by atoms with Crippen LogP contribution in [0.4, 0.5) is 0 Å². The van der Waals surface area contributed by atoms with Crippen LogP contribution in [0.25, 0.3) is 0 Å². The zero-order valence-corrected chi connectivity index (χ0v) is 13.0. The average Bonchev–Trinajstić information content (AvgIpc) is 2.97. The number of hydrogen-bond acceptors (Lipinski definition) is 2. The molecular formula is C17H31NO. The lowest BCUT2D eigenvalue weighted by atomic mass is 9.74. The SMILES string of the molecule is CC(CC12CCC(C1)N(C(C)C)C2)C1CCCOC1. The van der Waals surface area contributed by atoms with Crippen molar-refractivity contribution in [3.05, 3.63) is 0 Å². The highest BCUT2D eigenvalue weighted by Gasteiger charge is 2.50. The summed E-state index contributed by atoms with van der Waals surface area (Å²) in [4.78, 5) is 2.77. The molecule has 0 aromatic carbocycles. The molecule has 19 heavy (non-hydrogen) atoms. The third-order valence-electron chi connectivity index (χ3n) is 6.08. The Morgan fingerprint density at radius 1 is 1.26 bits per heavy atom. The third-order valence-corrected chi connectivity index (χ3v) is 6.08. The van der Waals surface area contributed by atoms with E-state index in [1.165, 1.54) is 45.1 Å². The van der Waals surface area contributed by atoms with E-state index in [0.29, 0.717) is 5.41 Å². The van der Waals surface area contributed by atoms with Gasteiger partial charge in [-0.1, -0.05) is 6.92 Å². The summed E-state index contributed by atoms with van der Waals surface area (Å²) in [7, 11) is 0. The first-order valence-electron chi connectivity index (χ1n) is 8.43. The lowest BCUT2D eigenvalue weighted by Gasteiger charge is -2.38. The minimum atomic E-state index is 0.659. The van der Waals surface area contributed by atoms with Gasteiger partial charge < -0.3 is 4.74 Å². The summed E-state index contributed by atoms with van der Waals surface area (Å²) in [6, 6.07) is 1.63. The number of piperidine rings is 1. The molecule has 2 nitrogen and oxygen atoms in total. The second-order valence-electron chi connectivity index (χ2n) is 7.82. The molecule has 1 saturated carbocycles. The third kappa shape index (κ3) is 2.71. The van der Waals surface area contributed by atoms with E-state index in [9.17, 15) is 0 Å². The largest absolute Gasteiger partial charge is 0.381 e. The van der Waals surface area contributed by atoms with Crippen LogP contribution >= 0.6 is 0 Å². The van der Waals surface area contributed by atoms with Crippen LogP contribution < -0.4 is 0 Å². The monoisotopic (exact) mass is 265 g/mol. The van der Waals surface area contributed by atoms with Gasteiger partial charge in [0.2, 0.25) is 0 Å². The van der Waals surface area contributed by atoms with E-state index >= 15 is 0 Å². The number of nitrogens with zero attached hydrogens (tertiary/aromatic N) is 1. The Morgan fingerprint density at radius 3 is 2.74 bits per heavy atom. The summed E-state index contributed by atoms with van der Waals surface area (Å²) >= 11 is 0. The van der Waals surface area contributed by atoms with E-state index in [2.05, 4.69) is 25.7 Å². The van der Waals surface area contributed by atoms with Crippen molar-refractivity contribution in [1.29, 1.82) is 0 Å². The Kier molecular flexibility index (Phi) is 3.92. The Hall–Kier alpha value is -0.0800. The first-order valence-corrected chi connectivity index (χ1v) is 8.43. The molecule has 4 unspecified atom stereocenters. The van der Waals surface area contributed by atoms with Crippen LogP contribution in [0.1, 0.15) is 59.3 Å². The summed E-state index contributed by atoms with van der Waals surface area (Å²) in [5.74, 6) is 1.68. The van der Waals surface area contributed by atoms with Crippen molar-refractivity contribution in [2.45, 2.75) is 71.4 Å². The van der Waals surface area contributed by atoms with E-state index in [-0.39, 0.29) is 0 Å². The highest BCUT2D eigenvalue weighted by Crippen LogP contribution is 2.52. The molecule has 2 heteroatoms. The summed E-state index contributed by atoms with van der Waals surface area (Å²) in [6.07, 6.45) is 8.53. The van der Waals surface area contributed by atoms with Gasteiger partial charge in [-0.2, -0.15) is 0 Å². The molecule has 3 rings (SSSR count). The van der Waals surface area contributed by atoms with Crippen LogP contribution in [-0.2, 0) is 4.74 Å². The maximum absolute atomic E-state index is 5.69. The van der Waals surface area contributed by atoms with E-state index in [1.807, 2.05) is 0 Å². The predicted octanol–water partition coefficient (Wildman–Crippen LogP) is 3.70. The number of likely N-dealkylation sites (tertiary alicyclic amines) is 1. The lowest BCUT2D eigenvalue weighted by molar-refractivity contribution is 0.0203. The second-order valence-corrected chi connectivity index (χ2v) is 7.82. The van der Waals surface area contributed by atoms with Gasteiger partial charge in [0, 0.05) is 31.8 Å². The van der Waals surface area contributed by atoms with Crippen molar-refractivity contribution < 1.29 is 4.74 Å². The van der Waals surface area contributed by atoms with Gasteiger partial charge in [-0.15, -0.1) is 0 Å². The van der Waals surface area contributed by atoms with Crippen molar-refractivity contribution in [1.82, 2.24) is 4.90 Å². The van der Waals surface area contributed by atoms with Crippen LogP contribution in [0.3, 0.4) is 0 Å². The molecule has 2 aliphatic heterocycles. The van der Waals surface area contributed by atoms with E-state index in [0.717, 1.165) is 37.1 Å². The highest BCUT2D eigenvalue weighted by atomic mass is 16.5. The fourth-order valence-corrected chi connectivity index (χ4v) is 5.04. The summed E-state index contributed by atoms with van der Waals surface area (Å²) in [5, 5.41) is 0. The molecule has 0 N–H and O–H groups in total. The number of rotatable bonds is 4. The molecule has 0 amide bonds. The zero-order valence-electron chi connectivity index (χ0n) is 13.0. The Bertz CT molecular complexity index is 310. The first kappa shape index (κ1) is 13.9. The van der Waals surface area contributed by atoms with Crippen LogP contribution in [0.2, 0.25) is 0 Å². The van der Waals surface area contributed by atoms with Gasteiger partial charge in [0.25, 0.3) is 0 Å². The van der Waals surface area contributed by atoms with Crippen LogP contribution in [0.5, 0.6) is 0 Å². The number of hydrogen-bond donors (Lipinski definition) is 0. The molecule has 3 aliphatic rings. The maximum Gasteiger partial charge on any atom is 0.0496 e. The smallest absolute Gasteiger partial charge is 0.0496 e. The second kappa shape index (κ2) is 5.37. The molecule has 3 fully saturated rings. The average molecular weight is 265 g/mol. The Balaban J connectivity index is 1.60. The van der Waals surface area contributed by atoms with Crippen LogP contribution in [-0.4, -0.2) is 36.7 Å². The fourth-order valence-electron chi connectivity index (χ4n) is 5.04. The minimum absolute atomic E-state index is 0.659. The Morgan fingerprint density at radius 2 is 2.11 bits per heavy atom. The highest BCUT2D eigenvalue weighted by molar-refractivity contribution is 5.04. The zero-order chi connectivity index (χ0) is 13.5. The molecule has 0 aromatic rings. The quantitative estimate of drug-likeness (QED) is 0.768. The normalized spacial score (nSPS) is 41.1. The molecule has 110 valence electrons. The molecule has 2 bridgehead atoms. The predicted molar refractivity (Wildman–Crippen MR) is 79.2 cm³/mol. The Labute approximate surface area is 118 Å². The topological polar surface area (TPSA) is 12.5 Å². The van der Waals surface area contributed by atoms with E-state index < -0.39 is 0 Å². The standard InChI is InChI=1S/C17H31NO/c1-13(2)18-12-17(7-6-16(18)10-17)9-14(3)15-5-4-8-19-11-15/h13-16H,4-12H2,1-3H3. The molecule has 0 radical (unpaired) electrons. The van der Waals surface area contributed by atoms with Crippen molar-refractivity contribution in [3.63, 3.8) is 0 Å². The van der Waals surface area contributed by atoms with Gasteiger partial charge in [0.1, 0.15) is 0 Å². The summed E-state index contributed by atoms with van der Waals surface area (Å²) in [5.41, 5.74) is 0.659. The molecular weight excluding hydrogens is 234 g/mol. The minimum Gasteiger partial charge on any atom is -0.381 e. The summed E-state index contributed by atoms with van der Waals surface area (Å²) in [6.45, 7) is 10.6. The lowest BCUT2D eigenvalue weighted by Crippen LogP contribution is -2.40. The molecule has 2 heterocycles. The van der Waals surface area contributed by atoms with Gasteiger partial charge in [-0.05, 0) is 69.6 Å². The molecule has 0 aromatic heterocycles. The van der Waals surface area contributed by atoms with E-state index in [1.54, 1.807) is 0 Å². The number of ether oxygens (including phenoxy) is 1. The van der Waals surface area contributed by atoms with Gasteiger partial charge >= 0.3 is 0 Å². The van der Waals surface area contributed by atoms with Crippen LogP contribution in [0, 0.1) is 17.3 Å². The molecule has 4 atom stereocenters. The van der Waals surface area contributed by atoms with Gasteiger partial charge in [0.15, 0.2) is 0 Å². The van der Waals surface area contributed by atoms with Crippen molar-refractivity contribution in [2.75, 3.05) is 19.8 Å². The molecule has 2 saturated heterocycles. The first-order chi connectivity index (χ1) is 9.10.